The van der Waals surface area contributed by atoms with Gasteiger partial charge in [0.15, 0.2) is 0 Å². The van der Waals surface area contributed by atoms with Gasteiger partial charge in [-0.1, -0.05) is 44.0 Å². The second-order valence-electron chi connectivity index (χ2n) is 10.0. The van der Waals surface area contributed by atoms with Gasteiger partial charge in [-0.05, 0) is 105 Å². The molecule has 2 aliphatic rings. The van der Waals surface area contributed by atoms with E-state index in [2.05, 4.69) is 6.92 Å². The number of hydrogen-bond acceptors (Lipinski definition) is 2. The van der Waals surface area contributed by atoms with E-state index in [4.69, 9.17) is 9.47 Å². The van der Waals surface area contributed by atoms with Gasteiger partial charge in [0.25, 0.3) is 0 Å². The molecule has 0 aliphatic heterocycles. The molecule has 0 spiro atoms. The van der Waals surface area contributed by atoms with Crippen molar-refractivity contribution in [3.8, 4) is 5.75 Å². The summed E-state index contributed by atoms with van der Waals surface area (Å²) in [7, 11) is 1.77. The molecule has 2 aliphatic carbocycles. The van der Waals surface area contributed by atoms with Crippen LogP contribution in [0.25, 0.3) is 0 Å². The molecule has 2 aromatic carbocycles. The lowest BCUT2D eigenvalue weighted by atomic mass is 9.77. The van der Waals surface area contributed by atoms with Gasteiger partial charge in [0.2, 0.25) is 0 Å². The van der Waals surface area contributed by atoms with Crippen LogP contribution in [-0.2, 0) is 10.8 Å². The van der Waals surface area contributed by atoms with Crippen molar-refractivity contribution < 1.29 is 18.3 Å². The topological polar surface area (TPSA) is 18.5 Å². The molecule has 4 heteroatoms. The number of hydrogen-bond donors (Lipinski definition) is 0. The highest BCUT2D eigenvalue weighted by Gasteiger charge is 2.35. The van der Waals surface area contributed by atoms with Gasteiger partial charge in [0, 0.05) is 7.11 Å². The van der Waals surface area contributed by atoms with E-state index in [1.165, 1.54) is 48.9 Å². The number of rotatable bonds is 8. The first-order valence-corrected chi connectivity index (χ1v) is 12.8. The Bertz CT molecular complexity index is 846. The second-order valence-corrected chi connectivity index (χ2v) is 10.0. The molecule has 0 radical (unpaired) electrons. The lowest BCUT2D eigenvalue weighted by Crippen LogP contribution is -2.22. The third kappa shape index (κ3) is 6.15. The number of benzene rings is 2. The van der Waals surface area contributed by atoms with E-state index >= 15 is 0 Å². The molecule has 2 saturated carbocycles. The van der Waals surface area contributed by atoms with Gasteiger partial charge in [-0.15, -0.1) is 0 Å². The molecular weight excluding hydrogens is 418 g/mol. The molecule has 2 nitrogen and oxygen atoms in total. The highest BCUT2D eigenvalue weighted by molar-refractivity contribution is 5.32. The number of ether oxygens (including phenoxy) is 2. The Kier molecular flexibility index (Phi) is 8.06. The molecule has 2 aromatic rings. The van der Waals surface area contributed by atoms with Gasteiger partial charge >= 0.3 is 6.11 Å². The first-order valence-electron chi connectivity index (χ1n) is 12.8. The second kappa shape index (κ2) is 11.0. The van der Waals surface area contributed by atoms with Gasteiger partial charge in [-0.2, -0.15) is 8.78 Å². The van der Waals surface area contributed by atoms with Crippen LogP contribution in [0, 0.1) is 5.92 Å². The first-order chi connectivity index (χ1) is 16.0. The van der Waals surface area contributed by atoms with E-state index in [0.29, 0.717) is 17.9 Å². The van der Waals surface area contributed by atoms with Gasteiger partial charge in [-0.25, -0.2) is 0 Å². The average molecular weight is 457 g/mol. The molecule has 0 aromatic heterocycles. The molecule has 0 heterocycles. The van der Waals surface area contributed by atoms with Crippen molar-refractivity contribution >= 4 is 0 Å². The zero-order chi connectivity index (χ0) is 23.3. The summed E-state index contributed by atoms with van der Waals surface area (Å²) in [5, 5.41) is 0. The van der Waals surface area contributed by atoms with Crippen LogP contribution in [0.5, 0.6) is 5.75 Å². The standard InChI is InChI=1S/C29H38F2O2/c1-3-4-21-5-7-22(8-6-21)23-9-15-26(16-10-23)29(30,31)33-28-19-13-25(14-20-28)24-11-17-27(32-2)18-12-24/h9-10,13-16,19-22,24,27H,3-8,11-12,17-18H2,1-2H3. The Hall–Kier alpha value is -1.94. The smallest absolute Gasteiger partial charge is 0.426 e. The zero-order valence-electron chi connectivity index (χ0n) is 20.1. The molecule has 33 heavy (non-hydrogen) atoms. The zero-order valence-corrected chi connectivity index (χ0v) is 20.1. The molecule has 2 fully saturated rings. The quantitative estimate of drug-likeness (QED) is 0.396. The summed E-state index contributed by atoms with van der Waals surface area (Å²) in [6.45, 7) is 2.25. The highest BCUT2D eigenvalue weighted by Crippen LogP contribution is 2.39. The molecule has 0 N–H and O–H groups in total. The summed E-state index contributed by atoms with van der Waals surface area (Å²) in [5.41, 5.74) is 2.28. The van der Waals surface area contributed by atoms with Crippen molar-refractivity contribution in [2.75, 3.05) is 7.11 Å². The van der Waals surface area contributed by atoms with Crippen molar-refractivity contribution in [2.45, 2.75) is 95.2 Å². The number of halogens is 2. The Balaban J connectivity index is 1.34. The van der Waals surface area contributed by atoms with Crippen LogP contribution in [0.3, 0.4) is 0 Å². The van der Waals surface area contributed by atoms with Crippen molar-refractivity contribution in [3.05, 3.63) is 65.2 Å². The van der Waals surface area contributed by atoms with E-state index in [1.807, 2.05) is 24.3 Å². The molecule has 4 rings (SSSR count). The van der Waals surface area contributed by atoms with Crippen LogP contribution in [0.15, 0.2) is 48.5 Å². The summed E-state index contributed by atoms with van der Waals surface area (Å²) in [6.07, 6.45) is 8.63. The van der Waals surface area contributed by atoms with E-state index in [-0.39, 0.29) is 11.3 Å². The van der Waals surface area contributed by atoms with Gasteiger partial charge in [-0.3, -0.25) is 0 Å². The minimum atomic E-state index is -3.35. The number of alkyl halides is 2. The fraction of sp³-hybridized carbons (Fsp3) is 0.586. The third-order valence-electron chi connectivity index (χ3n) is 7.87. The van der Waals surface area contributed by atoms with Crippen molar-refractivity contribution in [2.24, 2.45) is 5.92 Å². The van der Waals surface area contributed by atoms with E-state index in [9.17, 15) is 8.78 Å². The molecule has 0 unspecified atom stereocenters. The maximum Gasteiger partial charge on any atom is 0.426 e. The predicted molar refractivity (Wildman–Crippen MR) is 129 cm³/mol. The predicted octanol–water partition coefficient (Wildman–Crippen LogP) is 8.56. The largest absolute Gasteiger partial charge is 0.429 e. The highest BCUT2D eigenvalue weighted by atomic mass is 19.3. The summed E-state index contributed by atoms with van der Waals surface area (Å²) in [4.78, 5) is 0. The SMILES string of the molecule is CCCC1CCC(c2ccc(C(F)(F)Oc3ccc(C4CCC(OC)CC4)cc3)cc2)CC1. The molecule has 180 valence electrons. The van der Waals surface area contributed by atoms with Crippen LogP contribution >= 0.6 is 0 Å². The van der Waals surface area contributed by atoms with Crippen LogP contribution in [0.1, 0.15) is 99.7 Å². The van der Waals surface area contributed by atoms with Crippen molar-refractivity contribution in [1.29, 1.82) is 0 Å². The Morgan fingerprint density at radius 2 is 1.27 bits per heavy atom. The lowest BCUT2D eigenvalue weighted by molar-refractivity contribution is -0.185. The fourth-order valence-corrected chi connectivity index (χ4v) is 5.79. The molecule has 0 atom stereocenters. The Morgan fingerprint density at radius 3 is 1.79 bits per heavy atom. The minimum absolute atomic E-state index is 0.0899. The van der Waals surface area contributed by atoms with Crippen LogP contribution in [0.4, 0.5) is 8.78 Å². The molecular formula is C29H38F2O2. The summed E-state index contributed by atoms with van der Waals surface area (Å²) < 4.78 is 40.3. The summed E-state index contributed by atoms with van der Waals surface area (Å²) in [6, 6.07) is 14.0. The van der Waals surface area contributed by atoms with E-state index in [1.54, 1.807) is 19.2 Å². The Morgan fingerprint density at radius 1 is 0.758 bits per heavy atom. The van der Waals surface area contributed by atoms with Crippen molar-refractivity contribution in [1.82, 2.24) is 0 Å². The van der Waals surface area contributed by atoms with E-state index < -0.39 is 6.11 Å². The van der Waals surface area contributed by atoms with Gasteiger partial charge < -0.3 is 9.47 Å². The third-order valence-corrected chi connectivity index (χ3v) is 7.87. The average Bonchev–Trinajstić information content (AvgIpc) is 2.85. The van der Waals surface area contributed by atoms with Crippen molar-refractivity contribution in [3.63, 3.8) is 0 Å². The van der Waals surface area contributed by atoms with Crippen LogP contribution in [0.2, 0.25) is 0 Å². The monoisotopic (exact) mass is 456 g/mol. The van der Waals surface area contributed by atoms with E-state index in [0.717, 1.165) is 44.4 Å². The first kappa shape index (κ1) is 24.2. The van der Waals surface area contributed by atoms with Crippen LogP contribution in [-0.4, -0.2) is 13.2 Å². The maximum absolute atomic E-state index is 14.9. The lowest BCUT2D eigenvalue weighted by Gasteiger charge is -2.29. The molecule has 0 saturated heterocycles. The Labute approximate surface area is 197 Å². The summed E-state index contributed by atoms with van der Waals surface area (Å²) in [5.74, 6) is 2.01. The maximum atomic E-state index is 14.9. The summed E-state index contributed by atoms with van der Waals surface area (Å²) >= 11 is 0. The number of methoxy groups -OCH3 is 1. The van der Waals surface area contributed by atoms with Gasteiger partial charge in [0.1, 0.15) is 5.75 Å². The molecule has 0 amide bonds. The minimum Gasteiger partial charge on any atom is -0.429 e. The van der Waals surface area contributed by atoms with Crippen LogP contribution < -0.4 is 4.74 Å². The van der Waals surface area contributed by atoms with Gasteiger partial charge in [0.05, 0.1) is 11.7 Å². The normalized spacial score (nSPS) is 26.2. The fourth-order valence-electron chi connectivity index (χ4n) is 5.79. The molecule has 0 bridgehead atoms.